The van der Waals surface area contributed by atoms with Crippen molar-refractivity contribution in [2.75, 3.05) is 5.75 Å². The summed E-state index contributed by atoms with van der Waals surface area (Å²) in [6, 6.07) is 18.8. The lowest BCUT2D eigenvalue weighted by molar-refractivity contribution is 0.269. The first-order valence-electron chi connectivity index (χ1n) is 8.84. The molecule has 2 nitrogen and oxygen atoms in total. The van der Waals surface area contributed by atoms with Crippen molar-refractivity contribution >= 4 is 11.2 Å². The van der Waals surface area contributed by atoms with E-state index in [0.29, 0.717) is 11.7 Å². The summed E-state index contributed by atoms with van der Waals surface area (Å²) in [6.45, 7) is 6.71. The fraction of sp³-hybridized carbons (Fsp3) is 0.429. The Balaban J connectivity index is 2.10. The molecule has 1 aliphatic rings. The fourth-order valence-electron chi connectivity index (χ4n) is 3.84. The molecule has 0 radical (unpaired) electrons. The Morgan fingerprint density at radius 3 is 2.46 bits per heavy atom. The van der Waals surface area contributed by atoms with Crippen LogP contribution in [0.4, 0.5) is 0 Å². The number of fused-ring (bicyclic) bond motifs is 1. The minimum absolute atomic E-state index is 0.0903. The molecule has 2 aromatic rings. The number of nitrogens with one attached hydrogen (secondary N) is 1. The van der Waals surface area contributed by atoms with Gasteiger partial charge in [-0.15, -0.1) is 0 Å². The van der Waals surface area contributed by atoms with Gasteiger partial charge >= 0.3 is 0 Å². The van der Waals surface area contributed by atoms with Gasteiger partial charge in [0.2, 0.25) is 0 Å². The van der Waals surface area contributed by atoms with Crippen molar-refractivity contribution in [3.05, 3.63) is 65.7 Å². The van der Waals surface area contributed by atoms with Gasteiger partial charge in [0.25, 0.3) is 0 Å². The molecule has 0 saturated carbocycles. The zero-order valence-electron chi connectivity index (χ0n) is 14.8. The van der Waals surface area contributed by atoms with Gasteiger partial charge in [0, 0.05) is 5.56 Å². The third-order valence-electron chi connectivity index (χ3n) is 4.94. The van der Waals surface area contributed by atoms with E-state index in [1.807, 2.05) is 18.2 Å². The normalized spacial score (nSPS) is 26.9. The van der Waals surface area contributed by atoms with E-state index in [4.69, 9.17) is 0 Å². The minimum Gasteiger partial charge on any atom is -0.611 e. The summed E-state index contributed by atoms with van der Waals surface area (Å²) < 4.78 is 13.1. The summed E-state index contributed by atoms with van der Waals surface area (Å²) in [5.41, 5.74) is 2.30. The maximum absolute atomic E-state index is 13.1. The first-order valence-corrected chi connectivity index (χ1v) is 10.2. The predicted molar refractivity (Wildman–Crippen MR) is 102 cm³/mol. The van der Waals surface area contributed by atoms with Crippen LogP contribution in [0.2, 0.25) is 0 Å². The van der Waals surface area contributed by atoms with Crippen LogP contribution in [0, 0.1) is 5.92 Å². The van der Waals surface area contributed by atoms with Crippen LogP contribution in [-0.4, -0.2) is 15.8 Å². The predicted octanol–water partition coefficient (Wildman–Crippen LogP) is 4.68. The van der Waals surface area contributed by atoms with Gasteiger partial charge in [-0.3, -0.25) is 5.32 Å². The van der Waals surface area contributed by atoms with Gasteiger partial charge in [-0.1, -0.05) is 69.3 Å². The summed E-state index contributed by atoms with van der Waals surface area (Å²) in [7, 11) is 0. The monoisotopic (exact) mass is 341 g/mol. The van der Waals surface area contributed by atoms with E-state index in [1.165, 1.54) is 5.56 Å². The lowest BCUT2D eigenvalue weighted by Crippen LogP contribution is -2.51. The molecule has 1 N–H and O–H groups in total. The largest absolute Gasteiger partial charge is 0.611 e. The summed E-state index contributed by atoms with van der Waals surface area (Å²) in [5, 5.41) is 3.92. The maximum Gasteiger partial charge on any atom is 0.157 e. The van der Waals surface area contributed by atoms with Gasteiger partial charge in [-0.2, -0.15) is 0 Å². The molecule has 3 rings (SSSR count). The van der Waals surface area contributed by atoms with Crippen molar-refractivity contribution in [2.24, 2.45) is 5.92 Å². The molecule has 1 aliphatic heterocycles. The summed E-state index contributed by atoms with van der Waals surface area (Å²) in [5.74, 6) is 1.24. The summed E-state index contributed by atoms with van der Waals surface area (Å²) >= 11 is -0.975. The Morgan fingerprint density at radius 1 is 1.12 bits per heavy atom. The zero-order chi connectivity index (χ0) is 17.2. The molecular weight excluding hydrogens is 314 g/mol. The Morgan fingerprint density at radius 2 is 1.79 bits per heavy atom. The molecule has 3 heteroatoms. The number of rotatable bonds is 4. The zero-order valence-corrected chi connectivity index (χ0v) is 15.6. The number of hydrogen-bond acceptors (Lipinski definition) is 2. The highest BCUT2D eigenvalue weighted by Crippen LogP contribution is 2.38. The van der Waals surface area contributed by atoms with Gasteiger partial charge in [0.15, 0.2) is 4.90 Å². The molecule has 0 amide bonds. The summed E-state index contributed by atoms with van der Waals surface area (Å²) in [6.07, 6.45) is 2.01. The molecule has 0 spiro atoms. The van der Waals surface area contributed by atoms with Crippen LogP contribution in [0.15, 0.2) is 59.5 Å². The van der Waals surface area contributed by atoms with E-state index >= 15 is 0 Å². The van der Waals surface area contributed by atoms with E-state index in [9.17, 15) is 4.55 Å². The van der Waals surface area contributed by atoms with Crippen molar-refractivity contribution in [1.29, 1.82) is 0 Å². The molecule has 1 unspecified atom stereocenters. The second kappa shape index (κ2) is 7.30. The molecule has 0 aromatic heterocycles. The molecule has 2 aromatic carbocycles. The third kappa shape index (κ3) is 3.53. The van der Waals surface area contributed by atoms with Crippen LogP contribution in [0.1, 0.15) is 50.8 Å². The second-order valence-electron chi connectivity index (χ2n) is 7.25. The van der Waals surface area contributed by atoms with E-state index in [2.05, 4.69) is 62.5 Å². The topological polar surface area (TPSA) is 35.1 Å². The lowest BCUT2D eigenvalue weighted by atomic mass is 9.85. The summed E-state index contributed by atoms with van der Waals surface area (Å²) in [4.78, 5) is 0.984. The van der Waals surface area contributed by atoms with E-state index in [0.717, 1.165) is 23.3 Å². The van der Waals surface area contributed by atoms with Gasteiger partial charge in [-0.05, 0) is 41.6 Å². The van der Waals surface area contributed by atoms with Crippen LogP contribution in [0.5, 0.6) is 0 Å². The van der Waals surface area contributed by atoms with E-state index < -0.39 is 11.2 Å². The second-order valence-corrected chi connectivity index (χ2v) is 8.67. The van der Waals surface area contributed by atoms with Crippen LogP contribution in [0.3, 0.4) is 0 Å². The van der Waals surface area contributed by atoms with Gasteiger partial charge < -0.3 is 4.55 Å². The molecule has 1 heterocycles. The molecule has 0 aliphatic carbocycles. The Labute approximate surface area is 148 Å². The number of benzene rings is 2. The van der Waals surface area contributed by atoms with Crippen molar-refractivity contribution < 1.29 is 4.55 Å². The highest BCUT2D eigenvalue weighted by molar-refractivity contribution is 7.91. The molecule has 128 valence electrons. The SMILES string of the molecule is CC[C@]1(CC(C)C)C[S@+]([O-])c2ccccc2C(c2ccccc2)N1. The van der Waals surface area contributed by atoms with Crippen molar-refractivity contribution in [3.8, 4) is 0 Å². The van der Waals surface area contributed by atoms with Crippen LogP contribution in [0.25, 0.3) is 0 Å². The van der Waals surface area contributed by atoms with Gasteiger partial charge in [0.1, 0.15) is 5.75 Å². The Hall–Kier alpha value is -1.29. The fourth-order valence-corrected chi connectivity index (χ4v) is 5.58. The maximum atomic E-state index is 13.1. The number of hydrogen-bond donors (Lipinski definition) is 1. The Kier molecular flexibility index (Phi) is 5.33. The molecule has 0 fully saturated rings. The van der Waals surface area contributed by atoms with Crippen molar-refractivity contribution in [3.63, 3.8) is 0 Å². The molecular formula is C21H27NOS. The van der Waals surface area contributed by atoms with Crippen LogP contribution >= 0.6 is 0 Å². The van der Waals surface area contributed by atoms with Gasteiger partial charge in [-0.25, -0.2) is 0 Å². The average Bonchev–Trinajstić information content (AvgIpc) is 2.71. The quantitative estimate of drug-likeness (QED) is 0.819. The average molecular weight is 342 g/mol. The van der Waals surface area contributed by atoms with E-state index in [1.54, 1.807) is 0 Å². The van der Waals surface area contributed by atoms with Crippen molar-refractivity contribution in [2.45, 2.75) is 50.1 Å². The Bertz CT molecular complexity index is 673. The third-order valence-corrected chi connectivity index (χ3v) is 6.62. The highest BCUT2D eigenvalue weighted by Gasteiger charge is 2.42. The minimum atomic E-state index is -0.975. The smallest absolute Gasteiger partial charge is 0.157 e. The van der Waals surface area contributed by atoms with Gasteiger partial charge in [0.05, 0.1) is 11.6 Å². The molecule has 24 heavy (non-hydrogen) atoms. The molecule has 3 atom stereocenters. The highest BCUT2D eigenvalue weighted by atomic mass is 32.2. The van der Waals surface area contributed by atoms with Crippen LogP contribution < -0.4 is 5.32 Å². The first-order chi connectivity index (χ1) is 11.5. The molecule has 0 saturated heterocycles. The molecule has 0 bridgehead atoms. The van der Waals surface area contributed by atoms with Crippen molar-refractivity contribution in [1.82, 2.24) is 5.32 Å². The first kappa shape index (κ1) is 17.5. The standard InChI is InChI=1S/C21H27NOS/c1-4-21(14-16(2)3)15-24(23)19-13-9-8-12-18(19)20(22-21)17-10-6-5-7-11-17/h5-13,16,20,22H,4,14-15H2,1-3H3/t20?,21-,24-/m0/s1. The van der Waals surface area contributed by atoms with E-state index in [-0.39, 0.29) is 11.6 Å². The van der Waals surface area contributed by atoms with Crippen LogP contribution in [-0.2, 0) is 11.2 Å². The lowest BCUT2D eigenvalue weighted by Gasteiger charge is -2.36.